The van der Waals surface area contributed by atoms with E-state index in [9.17, 15) is 18.8 Å². The number of benzene rings is 2. The zero-order valence-corrected chi connectivity index (χ0v) is 31.2. The van der Waals surface area contributed by atoms with Crippen molar-refractivity contribution in [3.05, 3.63) is 84.0 Å². The van der Waals surface area contributed by atoms with Crippen LogP contribution >= 0.6 is 0 Å². The summed E-state index contributed by atoms with van der Waals surface area (Å²) in [6.07, 6.45) is -0.483. The van der Waals surface area contributed by atoms with E-state index in [4.69, 9.17) is 38.9 Å². The summed E-state index contributed by atoms with van der Waals surface area (Å²) in [5.74, 6) is -1.39. The number of carbonyl (C=O) groups excluding carboxylic acids is 3. The number of ether oxygens (including phenoxy) is 7. The lowest BCUT2D eigenvalue weighted by Crippen LogP contribution is -2.45. The van der Waals surface area contributed by atoms with E-state index in [1.54, 1.807) is 37.3 Å². The second-order valence-corrected chi connectivity index (χ2v) is 12.4. The Balaban J connectivity index is 1.71. The second kappa shape index (κ2) is 19.7. The minimum Gasteiger partial charge on any atom is -0.497 e. The third-order valence-electron chi connectivity index (χ3n) is 7.20. The monoisotopic (exact) mass is 784 g/mol. The number of nitrogens with zero attached hydrogens (tertiary/aromatic N) is 5. The molecule has 1 aromatic heterocycles. The minimum absolute atomic E-state index is 0.0182. The van der Waals surface area contributed by atoms with Crippen LogP contribution in [0.4, 0.5) is 30.0 Å². The number of amides is 1. The fraction of sp³-hybridized carbons (Fsp3) is 0.361. The highest BCUT2D eigenvalue weighted by Gasteiger charge is 2.36. The molecule has 20 heteroatoms. The third-order valence-corrected chi connectivity index (χ3v) is 7.20. The fourth-order valence-electron chi connectivity index (χ4n) is 4.57. The summed E-state index contributed by atoms with van der Waals surface area (Å²) in [6, 6.07) is 9.46. The largest absolute Gasteiger partial charge is 0.511 e. The molecule has 1 amide bonds. The normalized spacial score (nSPS) is 14.5. The van der Waals surface area contributed by atoms with Crippen molar-refractivity contribution in [1.82, 2.24) is 15.4 Å². The Morgan fingerprint density at radius 2 is 1.80 bits per heavy atom. The first kappa shape index (κ1) is 42.2. The summed E-state index contributed by atoms with van der Waals surface area (Å²) >= 11 is 0. The summed E-state index contributed by atoms with van der Waals surface area (Å²) in [5.41, 5.74) is 9.01. The average molecular weight is 785 g/mol. The molecule has 0 saturated heterocycles. The molecule has 1 aliphatic rings. The van der Waals surface area contributed by atoms with Gasteiger partial charge in [-0.15, -0.1) is 0 Å². The van der Waals surface area contributed by atoms with Gasteiger partial charge >= 0.3 is 18.2 Å². The Labute approximate surface area is 320 Å². The zero-order chi connectivity index (χ0) is 40.8. The van der Waals surface area contributed by atoms with Gasteiger partial charge < -0.3 is 39.5 Å². The molecule has 1 unspecified atom stereocenters. The topological polar surface area (TPSA) is 220 Å². The standard InChI is InChI=1S/C36H42F2N8O10/c1-21(2)18-53-34(48)43-30(39)23-8-10-24(11-9-23)42-29(26-16-25(50-6)17-27(28(26)38)52-15-14-51-22(3)47)31-44-33(46(45-31)32-40-12-7-13-41-32)54-20-55-35(49)56-36(4,5)19-37/h7-13,16-17,29,33,42H,1,14-15,18-20H2,2-6H3,(H,44,45)(H2,39,43,48)/t29?,33-/m1/s1. The molecule has 0 spiro atoms. The van der Waals surface area contributed by atoms with E-state index in [2.05, 4.69) is 37.3 Å². The predicted molar refractivity (Wildman–Crippen MR) is 197 cm³/mol. The molecule has 2 heterocycles. The summed E-state index contributed by atoms with van der Waals surface area (Å²) in [5, 5.41) is 4.50. The van der Waals surface area contributed by atoms with Crippen molar-refractivity contribution in [3.63, 3.8) is 0 Å². The van der Waals surface area contributed by atoms with Gasteiger partial charge in [0.15, 0.2) is 18.4 Å². The van der Waals surface area contributed by atoms with Crippen LogP contribution in [-0.4, -0.2) is 92.2 Å². The highest BCUT2D eigenvalue weighted by molar-refractivity contribution is 6.03. The lowest BCUT2D eigenvalue weighted by Gasteiger charge is -2.26. The molecule has 4 N–H and O–H groups in total. The number of halogens is 2. The van der Waals surface area contributed by atoms with E-state index in [-0.39, 0.29) is 54.5 Å². The molecule has 300 valence electrons. The van der Waals surface area contributed by atoms with Crippen LogP contribution in [0.1, 0.15) is 44.9 Å². The highest BCUT2D eigenvalue weighted by Crippen LogP contribution is 2.35. The molecule has 56 heavy (non-hydrogen) atoms. The number of anilines is 2. The first-order chi connectivity index (χ1) is 26.7. The lowest BCUT2D eigenvalue weighted by molar-refractivity contribution is -0.141. The molecule has 0 aliphatic carbocycles. The lowest BCUT2D eigenvalue weighted by atomic mass is 10.0. The molecular weight excluding hydrogens is 742 g/mol. The van der Waals surface area contributed by atoms with Gasteiger partial charge in [-0.25, -0.2) is 38.3 Å². The maximum atomic E-state index is 16.5. The average Bonchev–Trinajstić information content (AvgIpc) is 3.59. The van der Waals surface area contributed by atoms with E-state index in [1.165, 1.54) is 57.4 Å². The molecule has 2 aromatic carbocycles. The van der Waals surface area contributed by atoms with Crippen molar-refractivity contribution in [3.8, 4) is 11.5 Å². The number of aliphatic imine (C=N–C) groups is 2. The maximum Gasteiger partial charge on any atom is 0.511 e. The van der Waals surface area contributed by atoms with Crippen LogP contribution in [-0.2, 0) is 28.5 Å². The molecule has 18 nitrogen and oxygen atoms in total. The van der Waals surface area contributed by atoms with E-state index in [1.807, 2.05) is 0 Å². The number of rotatable bonds is 18. The fourth-order valence-corrected chi connectivity index (χ4v) is 4.57. The third kappa shape index (κ3) is 12.2. The summed E-state index contributed by atoms with van der Waals surface area (Å²) in [4.78, 5) is 52.4. The van der Waals surface area contributed by atoms with Gasteiger partial charge in [0.1, 0.15) is 55.6 Å². The van der Waals surface area contributed by atoms with Crippen LogP contribution < -0.4 is 31.0 Å². The number of carbonyl (C=O) groups is 3. The first-order valence-corrected chi connectivity index (χ1v) is 16.8. The number of esters is 1. The van der Waals surface area contributed by atoms with E-state index in [0.717, 1.165) is 0 Å². The Morgan fingerprint density at radius 3 is 2.45 bits per heavy atom. The van der Waals surface area contributed by atoms with Crippen LogP contribution in [0.15, 0.2) is 77.0 Å². The molecule has 4 rings (SSSR count). The molecule has 3 aromatic rings. The van der Waals surface area contributed by atoms with Gasteiger partial charge in [0.2, 0.25) is 5.95 Å². The number of nitrogens with one attached hydrogen (secondary N) is 2. The zero-order valence-electron chi connectivity index (χ0n) is 31.2. The summed E-state index contributed by atoms with van der Waals surface area (Å²) < 4.78 is 66.4. The first-order valence-electron chi connectivity index (χ1n) is 16.8. The van der Waals surface area contributed by atoms with Crippen molar-refractivity contribution in [2.75, 3.05) is 50.7 Å². The Kier molecular flexibility index (Phi) is 14.8. The number of hydrogen-bond donors (Lipinski definition) is 3. The van der Waals surface area contributed by atoms with E-state index < -0.39 is 55.5 Å². The number of hydrogen-bond acceptors (Lipinski definition) is 16. The van der Waals surface area contributed by atoms with Gasteiger partial charge in [-0.3, -0.25) is 15.0 Å². The number of alkyl halides is 1. The van der Waals surface area contributed by atoms with Crippen molar-refractivity contribution < 1.29 is 56.3 Å². The second-order valence-electron chi connectivity index (χ2n) is 12.4. The number of methoxy groups -OCH3 is 1. The summed E-state index contributed by atoms with van der Waals surface area (Å²) in [6.45, 7) is 7.31. The quantitative estimate of drug-likeness (QED) is 0.0302. The Bertz CT molecular complexity index is 1920. The number of hydrazine groups is 1. The van der Waals surface area contributed by atoms with Gasteiger partial charge in [-0.05, 0) is 62.7 Å². The van der Waals surface area contributed by atoms with Gasteiger partial charge in [0.05, 0.1) is 7.11 Å². The summed E-state index contributed by atoms with van der Waals surface area (Å²) in [7, 11) is 1.38. The Hall–Kier alpha value is -6.57. The molecule has 0 fully saturated rings. The van der Waals surface area contributed by atoms with Gasteiger partial charge in [-0.2, -0.15) is 4.99 Å². The SMILES string of the molecule is C=C(C)COC(=O)N=C(N)c1ccc(NC(C2=N[C@@H](OCOC(=O)OC(C)(C)CF)N(c3ncccn3)N2)c2cc(OC)cc(OCCOC(C)=O)c2F)cc1. The molecule has 0 radical (unpaired) electrons. The van der Waals surface area contributed by atoms with E-state index in [0.29, 0.717) is 16.8 Å². The smallest absolute Gasteiger partial charge is 0.497 e. The van der Waals surface area contributed by atoms with Crippen LogP contribution in [0.5, 0.6) is 11.5 Å². The molecule has 0 saturated carbocycles. The molecule has 0 bridgehead atoms. The maximum absolute atomic E-state index is 16.5. The van der Waals surface area contributed by atoms with E-state index >= 15 is 4.39 Å². The van der Waals surface area contributed by atoms with Gasteiger partial charge in [0.25, 0.3) is 6.35 Å². The van der Waals surface area contributed by atoms with Crippen LogP contribution in [0, 0.1) is 5.82 Å². The highest BCUT2D eigenvalue weighted by atomic mass is 19.1. The van der Waals surface area contributed by atoms with Crippen LogP contribution in [0.3, 0.4) is 0 Å². The molecule has 1 aliphatic heterocycles. The number of aromatic nitrogens is 2. The predicted octanol–water partition coefficient (Wildman–Crippen LogP) is 4.72. The van der Waals surface area contributed by atoms with Gasteiger partial charge in [-0.1, -0.05) is 6.58 Å². The Morgan fingerprint density at radius 1 is 1.09 bits per heavy atom. The number of nitrogens with two attached hydrogens (primary N) is 1. The van der Waals surface area contributed by atoms with Crippen molar-refractivity contribution in [2.45, 2.75) is 45.7 Å². The van der Waals surface area contributed by atoms with Crippen molar-refractivity contribution >= 4 is 41.5 Å². The van der Waals surface area contributed by atoms with Crippen molar-refractivity contribution in [1.29, 1.82) is 0 Å². The van der Waals surface area contributed by atoms with Crippen LogP contribution in [0.25, 0.3) is 0 Å². The molecular formula is C36H42F2N8O10. The van der Waals surface area contributed by atoms with Crippen LogP contribution in [0.2, 0.25) is 0 Å². The van der Waals surface area contributed by atoms with Gasteiger partial charge in [0, 0.05) is 42.2 Å². The minimum atomic E-state index is -1.43. The molecule has 2 atom stereocenters. The van der Waals surface area contributed by atoms with Crippen molar-refractivity contribution in [2.24, 2.45) is 15.7 Å². The number of amidine groups is 2.